The van der Waals surface area contributed by atoms with Crippen LogP contribution in [-0.4, -0.2) is 29.2 Å². The summed E-state index contributed by atoms with van der Waals surface area (Å²) in [7, 11) is 0. The second-order valence-electron chi connectivity index (χ2n) is 6.53. The zero-order valence-electron chi connectivity index (χ0n) is 10.6. The van der Waals surface area contributed by atoms with E-state index in [9.17, 15) is 4.39 Å². The highest BCUT2D eigenvalue weighted by Crippen LogP contribution is 2.53. The van der Waals surface area contributed by atoms with Gasteiger partial charge in [0.1, 0.15) is 6.17 Å². The first kappa shape index (κ1) is 11.0. The molecule has 0 aromatic heterocycles. The lowest BCUT2D eigenvalue weighted by Crippen LogP contribution is -2.46. The maximum atomic E-state index is 13.8. The molecule has 4 unspecified atom stereocenters. The number of fused-ring (bicyclic) bond motifs is 3. The predicted octanol–water partition coefficient (Wildman–Crippen LogP) is 3.39. The number of alkyl halides is 1. The average molecular weight is 225 g/mol. The summed E-state index contributed by atoms with van der Waals surface area (Å²) in [6.07, 6.45) is 7.00. The van der Waals surface area contributed by atoms with Gasteiger partial charge in [0, 0.05) is 18.1 Å². The summed E-state index contributed by atoms with van der Waals surface area (Å²) in [5.74, 6) is 1.49. The van der Waals surface area contributed by atoms with E-state index in [0.717, 1.165) is 24.9 Å². The first-order valence-electron chi connectivity index (χ1n) is 7.04. The lowest BCUT2D eigenvalue weighted by atomic mass is 9.77. The summed E-state index contributed by atoms with van der Waals surface area (Å²) >= 11 is 0. The molecule has 2 saturated heterocycles. The fourth-order valence-corrected chi connectivity index (χ4v) is 4.72. The maximum absolute atomic E-state index is 13.8. The van der Waals surface area contributed by atoms with Gasteiger partial charge < -0.3 is 0 Å². The Kier molecular flexibility index (Phi) is 2.54. The van der Waals surface area contributed by atoms with Gasteiger partial charge in [-0.3, -0.25) is 4.90 Å². The van der Waals surface area contributed by atoms with Gasteiger partial charge >= 0.3 is 0 Å². The molecule has 1 aliphatic carbocycles. The van der Waals surface area contributed by atoms with Gasteiger partial charge in [-0.05, 0) is 37.5 Å². The summed E-state index contributed by atoms with van der Waals surface area (Å²) in [5, 5.41) is 0. The third kappa shape index (κ3) is 1.38. The van der Waals surface area contributed by atoms with Gasteiger partial charge in [-0.1, -0.05) is 26.7 Å². The van der Waals surface area contributed by atoms with Crippen LogP contribution in [0.2, 0.25) is 0 Å². The highest BCUT2D eigenvalue weighted by Gasteiger charge is 2.57. The molecule has 16 heavy (non-hydrogen) atoms. The van der Waals surface area contributed by atoms with E-state index in [1.165, 1.54) is 32.1 Å². The zero-order chi connectivity index (χ0) is 11.3. The van der Waals surface area contributed by atoms with Gasteiger partial charge in [-0.25, -0.2) is 4.39 Å². The van der Waals surface area contributed by atoms with Crippen LogP contribution in [0.3, 0.4) is 0 Å². The summed E-state index contributed by atoms with van der Waals surface area (Å²) in [6, 6.07) is 0.719. The molecule has 3 rings (SSSR count). The highest BCUT2D eigenvalue weighted by molar-refractivity contribution is 5.12. The number of nitrogens with zero attached hydrogens (tertiary/aromatic N) is 1. The molecule has 1 nitrogen and oxygen atoms in total. The van der Waals surface area contributed by atoms with E-state index in [0.29, 0.717) is 5.92 Å². The summed E-state index contributed by atoms with van der Waals surface area (Å²) in [6.45, 7) is 5.31. The first-order valence-corrected chi connectivity index (χ1v) is 7.04. The van der Waals surface area contributed by atoms with Crippen molar-refractivity contribution < 1.29 is 4.39 Å². The largest absolute Gasteiger partial charge is 0.291 e. The summed E-state index contributed by atoms with van der Waals surface area (Å²) in [4.78, 5) is 2.58. The number of rotatable bonds is 1. The van der Waals surface area contributed by atoms with Crippen molar-refractivity contribution in [3.63, 3.8) is 0 Å². The summed E-state index contributed by atoms with van der Waals surface area (Å²) in [5.41, 5.74) is 0.221. The van der Waals surface area contributed by atoms with Gasteiger partial charge in [-0.15, -0.1) is 0 Å². The van der Waals surface area contributed by atoms with Crippen LogP contribution in [0.15, 0.2) is 0 Å². The van der Waals surface area contributed by atoms with E-state index in [4.69, 9.17) is 0 Å². The topological polar surface area (TPSA) is 3.24 Å². The van der Waals surface area contributed by atoms with Crippen LogP contribution in [-0.2, 0) is 0 Å². The molecule has 0 spiro atoms. The fourth-order valence-electron chi connectivity index (χ4n) is 4.72. The minimum absolute atomic E-state index is 0.221. The van der Waals surface area contributed by atoms with Gasteiger partial charge in [-0.2, -0.15) is 0 Å². The SMILES string of the molecule is CC(C)C12CC(F)CN1C1CCCCC1C2. The molecule has 4 atom stereocenters. The third-order valence-electron chi connectivity index (χ3n) is 5.50. The van der Waals surface area contributed by atoms with Crippen LogP contribution in [0.4, 0.5) is 4.39 Å². The molecule has 2 aliphatic heterocycles. The van der Waals surface area contributed by atoms with Crippen molar-refractivity contribution in [3.05, 3.63) is 0 Å². The molecule has 0 radical (unpaired) electrons. The monoisotopic (exact) mass is 225 g/mol. The Labute approximate surface area is 98.4 Å². The Hall–Kier alpha value is -0.110. The molecule has 2 heteroatoms. The van der Waals surface area contributed by atoms with Crippen molar-refractivity contribution in [3.8, 4) is 0 Å². The number of hydrogen-bond donors (Lipinski definition) is 0. The predicted molar refractivity (Wildman–Crippen MR) is 64.2 cm³/mol. The fraction of sp³-hybridized carbons (Fsp3) is 1.00. The van der Waals surface area contributed by atoms with E-state index >= 15 is 0 Å². The Morgan fingerprint density at radius 2 is 1.94 bits per heavy atom. The van der Waals surface area contributed by atoms with E-state index in [1.807, 2.05) is 0 Å². The van der Waals surface area contributed by atoms with Crippen molar-refractivity contribution in [2.24, 2.45) is 11.8 Å². The second kappa shape index (κ2) is 3.69. The molecule has 1 saturated carbocycles. The Morgan fingerprint density at radius 1 is 1.19 bits per heavy atom. The second-order valence-corrected chi connectivity index (χ2v) is 6.53. The van der Waals surface area contributed by atoms with Crippen LogP contribution < -0.4 is 0 Å². The van der Waals surface area contributed by atoms with Crippen LogP contribution >= 0.6 is 0 Å². The zero-order valence-corrected chi connectivity index (χ0v) is 10.6. The van der Waals surface area contributed by atoms with Gasteiger partial charge in [0.05, 0.1) is 0 Å². The van der Waals surface area contributed by atoms with Crippen molar-refractivity contribution in [1.82, 2.24) is 4.90 Å². The lowest BCUT2D eigenvalue weighted by Gasteiger charge is -2.38. The Bertz CT molecular complexity index is 278. The van der Waals surface area contributed by atoms with Crippen molar-refractivity contribution >= 4 is 0 Å². The van der Waals surface area contributed by atoms with E-state index in [1.54, 1.807) is 0 Å². The molecule has 0 amide bonds. The van der Waals surface area contributed by atoms with E-state index < -0.39 is 6.17 Å². The van der Waals surface area contributed by atoms with Crippen molar-refractivity contribution in [2.45, 2.75) is 70.1 Å². The minimum Gasteiger partial charge on any atom is -0.291 e. The minimum atomic E-state index is -0.565. The average Bonchev–Trinajstić information content (AvgIpc) is 2.70. The highest BCUT2D eigenvalue weighted by atomic mass is 19.1. The molecular formula is C14H24FN. The Balaban J connectivity index is 1.90. The lowest BCUT2D eigenvalue weighted by molar-refractivity contribution is 0.0917. The standard InChI is InChI=1S/C14H24FN/c1-10(2)14-7-11-5-3-4-6-13(11)16(14)9-12(15)8-14/h10-13H,3-9H2,1-2H3. The molecular weight excluding hydrogens is 201 g/mol. The first-order chi connectivity index (χ1) is 7.63. The van der Waals surface area contributed by atoms with E-state index in [-0.39, 0.29) is 5.54 Å². The number of hydrogen-bond acceptors (Lipinski definition) is 1. The van der Waals surface area contributed by atoms with Crippen LogP contribution in [0, 0.1) is 11.8 Å². The molecule has 2 heterocycles. The molecule has 0 bridgehead atoms. The molecule has 3 aliphatic rings. The van der Waals surface area contributed by atoms with Crippen LogP contribution in [0.5, 0.6) is 0 Å². The van der Waals surface area contributed by atoms with Gasteiger partial charge in [0.25, 0.3) is 0 Å². The van der Waals surface area contributed by atoms with Crippen LogP contribution in [0.1, 0.15) is 52.4 Å². The molecule has 0 N–H and O–H groups in total. The quantitative estimate of drug-likeness (QED) is 0.661. The molecule has 3 fully saturated rings. The van der Waals surface area contributed by atoms with Gasteiger partial charge in [0.2, 0.25) is 0 Å². The Morgan fingerprint density at radius 3 is 2.69 bits per heavy atom. The van der Waals surface area contributed by atoms with E-state index in [2.05, 4.69) is 18.7 Å². The summed E-state index contributed by atoms with van der Waals surface area (Å²) < 4.78 is 13.8. The van der Waals surface area contributed by atoms with Crippen molar-refractivity contribution in [2.75, 3.05) is 6.54 Å². The number of halogens is 1. The maximum Gasteiger partial charge on any atom is 0.115 e. The smallest absolute Gasteiger partial charge is 0.115 e. The third-order valence-corrected chi connectivity index (χ3v) is 5.50. The normalized spacial score (nSPS) is 48.4. The molecule has 92 valence electrons. The van der Waals surface area contributed by atoms with Gasteiger partial charge in [0.15, 0.2) is 0 Å². The van der Waals surface area contributed by atoms with Crippen LogP contribution in [0.25, 0.3) is 0 Å². The molecule has 0 aromatic carbocycles. The van der Waals surface area contributed by atoms with Crippen molar-refractivity contribution in [1.29, 1.82) is 0 Å². The molecule has 0 aromatic rings.